The second-order valence-electron chi connectivity index (χ2n) is 5.20. The smallest absolute Gasteiger partial charge is 0.0253 e. The summed E-state index contributed by atoms with van der Waals surface area (Å²) in [5.74, 6) is 0. The van der Waals surface area contributed by atoms with Gasteiger partial charge >= 0.3 is 0 Å². The molecule has 100 valence electrons. The Morgan fingerprint density at radius 2 is 1.33 bits per heavy atom. The highest BCUT2D eigenvalue weighted by Crippen LogP contribution is 2.32. The van der Waals surface area contributed by atoms with E-state index < -0.39 is 0 Å². The molecule has 0 aliphatic carbocycles. The molecule has 1 heteroatoms. The molecule has 0 atom stereocenters. The Balaban J connectivity index is 2.06. The summed E-state index contributed by atoms with van der Waals surface area (Å²) in [6, 6.07) is 28.0. The van der Waals surface area contributed by atoms with Crippen LogP contribution >= 0.6 is 15.9 Å². The fraction of sp³-hybridized carbons (Fsp3) is 0. The average Bonchev–Trinajstić information content (AvgIpc) is 2.55. The van der Waals surface area contributed by atoms with E-state index in [4.69, 9.17) is 0 Å². The van der Waals surface area contributed by atoms with Crippen LogP contribution in [0.2, 0.25) is 0 Å². The highest BCUT2D eigenvalue weighted by molar-refractivity contribution is 9.10. The average molecular weight is 333 g/mol. The van der Waals surface area contributed by atoms with Crippen LogP contribution in [0.3, 0.4) is 0 Å². The maximum Gasteiger partial charge on any atom is 0.0253 e. The Morgan fingerprint density at radius 3 is 2.19 bits per heavy atom. The van der Waals surface area contributed by atoms with Crippen LogP contribution < -0.4 is 0 Å². The van der Waals surface area contributed by atoms with Crippen molar-refractivity contribution >= 4 is 37.5 Å². The minimum Gasteiger partial charge on any atom is -0.0622 e. The number of benzene rings is 4. The molecule has 21 heavy (non-hydrogen) atoms. The summed E-state index contributed by atoms with van der Waals surface area (Å²) >= 11 is 3.65. The van der Waals surface area contributed by atoms with Gasteiger partial charge in [-0.2, -0.15) is 0 Å². The Hall–Kier alpha value is -2.12. The molecular formula is C20H13Br. The van der Waals surface area contributed by atoms with E-state index in [9.17, 15) is 0 Å². The van der Waals surface area contributed by atoms with Crippen molar-refractivity contribution in [3.05, 3.63) is 83.3 Å². The number of hydrogen-bond acceptors (Lipinski definition) is 0. The molecule has 0 aromatic heterocycles. The van der Waals surface area contributed by atoms with Crippen LogP contribution in [0.1, 0.15) is 0 Å². The zero-order valence-corrected chi connectivity index (χ0v) is 13.0. The van der Waals surface area contributed by atoms with Crippen molar-refractivity contribution in [2.45, 2.75) is 0 Å². The third-order valence-electron chi connectivity index (χ3n) is 3.93. The summed E-state index contributed by atoms with van der Waals surface area (Å²) in [5.41, 5.74) is 2.52. The third-order valence-corrected chi connectivity index (χ3v) is 4.62. The number of halogens is 1. The Morgan fingerprint density at radius 1 is 0.524 bits per heavy atom. The van der Waals surface area contributed by atoms with Gasteiger partial charge in [-0.3, -0.25) is 0 Å². The first-order chi connectivity index (χ1) is 10.3. The van der Waals surface area contributed by atoms with Crippen molar-refractivity contribution in [2.75, 3.05) is 0 Å². The first-order valence-corrected chi connectivity index (χ1v) is 7.79. The van der Waals surface area contributed by atoms with Gasteiger partial charge in [0.05, 0.1) is 0 Å². The van der Waals surface area contributed by atoms with Crippen molar-refractivity contribution in [3.8, 4) is 11.1 Å². The Labute approximate surface area is 132 Å². The van der Waals surface area contributed by atoms with E-state index in [2.05, 4.69) is 94.8 Å². The van der Waals surface area contributed by atoms with E-state index in [0.29, 0.717) is 0 Å². The van der Waals surface area contributed by atoms with Crippen LogP contribution in [0.4, 0.5) is 0 Å². The van der Waals surface area contributed by atoms with Gasteiger partial charge in [0, 0.05) is 4.47 Å². The predicted octanol–water partition coefficient (Wildman–Crippen LogP) is 6.42. The molecule has 0 aliphatic rings. The van der Waals surface area contributed by atoms with E-state index in [1.807, 2.05) is 0 Å². The van der Waals surface area contributed by atoms with Gasteiger partial charge in [0.1, 0.15) is 0 Å². The largest absolute Gasteiger partial charge is 0.0622 e. The predicted molar refractivity (Wildman–Crippen MR) is 94.6 cm³/mol. The van der Waals surface area contributed by atoms with Crippen molar-refractivity contribution in [3.63, 3.8) is 0 Å². The molecule has 0 N–H and O–H groups in total. The molecule has 0 aliphatic heterocycles. The van der Waals surface area contributed by atoms with Gasteiger partial charge in [0.2, 0.25) is 0 Å². The van der Waals surface area contributed by atoms with Gasteiger partial charge in [-0.05, 0) is 44.8 Å². The zero-order chi connectivity index (χ0) is 14.2. The molecule has 0 unspecified atom stereocenters. The molecule has 0 spiro atoms. The summed E-state index contributed by atoms with van der Waals surface area (Å²) in [6.07, 6.45) is 0. The molecule has 0 saturated carbocycles. The molecule has 4 rings (SSSR count). The van der Waals surface area contributed by atoms with Gasteiger partial charge in [-0.1, -0.05) is 82.7 Å². The van der Waals surface area contributed by atoms with Gasteiger partial charge in [-0.25, -0.2) is 0 Å². The van der Waals surface area contributed by atoms with Crippen LogP contribution in [0.25, 0.3) is 32.7 Å². The number of rotatable bonds is 1. The molecule has 0 fully saturated rings. The summed E-state index contributed by atoms with van der Waals surface area (Å²) < 4.78 is 1.15. The van der Waals surface area contributed by atoms with E-state index in [1.54, 1.807) is 0 Å². The lowest BCUT2D eigenvalue weighted by Crippen LogP contribution is -1.82. The Kier molecular flexibility index (Phi) is 3.01. The molecule has 0 amide bonds. The van der Waals surface area contributed by atoms with Crippen LogP contribution in [0, 0.1) is 0 Å². The first-order valence-electron chi connectivity index (χ1n) is 6.99. The minimum atomic E-state index is 1.15. The summed E-state index contributed by atoms with van der Waals surface area (Å²) in [5, 5.41) is 5.13. The second-order valence-corrected chi connectivity index (χ2v) is 6.06. The molecule has 0 radical (unpaired) electrons. The first kappa shape index (κ1) is 12.6. The summed E-state index contributed by atoms with van der Waals surface area (Å²) in [4.78, 5) is 0. The van der Waals surface area contributed by atoms with E-state index in [0.717, 1.165) is 4.47 Å². The van der Waals surface area contributed by atoms with Gasteiger partial charge in [-0.15, -0.1) is 0 Å². The van der Waals surface area contributed by atoms with Crippen LogP contribution in [0.15, 0.2) is 83.3 Å². The Bertz CT molecular complexity index is 940. The van der Waals surface area contributed by atoms with Crippen molar-refractivity contribution in [1.29, 1.82) is 0 Å². The second kappa shape index (κ2) is 5.01. The molecule has 0 heterocycles. The highest BCUT2D eigenvalue weighted by Gasteiger charge is 2.05. The number of hydrogen-bond donors (Lipinski definition) is 0. The van der Waals surface area contributed by atoms with E-state index in [-0.39, 0.29) is 0 Å². The molecule has 0 bridgehead atoms. The highest BCUT2D eigenvalue weighted by atomic mass is 79.9. The SMILES string of the molecule is Brc1cccc2c1ccc1ccc(-c3ccccc3)cc12. The lowest BCUT2D eigenvalue weighted by atomic mass is 9.97. The molecule has 4 aromatic rings. The summed E-state index contributed by atoms with van der Waals surface area (Å²) in [6.45, 7) is 0. The zero-order valence-electron chi connectivity index (χ0n) is 11.4. The topological polar surface area (TPSA) is 0 Å². The van der Waals surface area contributed by atoms with Crippen molar-refractivity contribution in [1.82, 2.24) is 0 Å². The quantitative estimate of drug-likeness (QED) is 0.352. The maximum absolute atomic E-state index is 3.65. The fourth-order valence-electron chi connectivity index (χ4n) is 2.86. The number of fused-ring (bicyclic) bond motifs is 3. The minimum absolute atomic E-state index is 1.15. The van der Waals surface area contributed by atoms with Gasteiger partial charge < -0.3 is 0 Å². The lowest BCUT2D eigenvalue weighted by molar-refractivity contribution is 1.65. The standard InChI is InChI=1S/C20H13Br/c21-20-8-4-7-17-18(20)12-11-15-9-10-16(13-19(15)17)14-5-2-1-3-6-14/h1-13H. The normalized spacial score (nSPS) is 11.1. The van der Waals surface area contributed by atoms with Crippen molar-refractivity contribution in [2.24, 2.45) is 0 Å². The van der Waals surface area contributed by atoms with Gasteiger partial charge in [0.25, 0.3) is 0 Å². The maximum atomic E-state index is 3.65. The fourth-order valence-corrected chi connectivity index (χ4v) is 3.36. The molecule has 0 saturated heterocycles. The van der Waals surface area contributed by atoms with E-state index >= 15 is 0 Å². The molecule has 0 nitrogen and oxygen atoms in total. The van der Waals surface area contributed by atoms with Crippen LogP contribution in [0.5, 0.6) is 0 Å². The van der Waals surface area contributed by atoms with Crippen LogP contribution in [-0.2, 0) is 0 Å². The van der Waals surface area contributed by atoms with Crippen LogP contribution in [-0.4, -0.2) is 0 Å². The lowest BCUT2D eigenvalue weighted by Gasteiger charge is -2.08. The summed E-state index contributed by atoms with van der Waals surface area (Å²) in [7, 11) is 0. The van der Waals surface area contributed by atoms with Gasteiger partial charge in [0.15, 0.2) is 0 Å². The molecule has 4 aromatic carbocycles. The van der Waals surface area contributed by atoms with E-state index in [1.165, 1.54) is 32.7 Å². The molecular weight excluding hydrogens is 320 g/mol. The third kappa shape index (κ3) is 2.14. The van der Waals surface area contributed by atoms with Crippen molar-refractivity contribution < 1.29 is 0 Å². The monoisotopic (exact) mass is 332 g/mol.